The molecule has 1 unspecified atom stereocenters. The molecule has 4 heteroatoms. The summed E-state index contributed by atoms with van der Waals surface area (Å²) in [5.41, 5.74) is 7.78. The lowest BCUT2D eigenvalue weighted by atomic mass is 10.0. The summed E-state index contributed by atoms with van der Waals surface area (Å²) in [4.78, 5) is 12.1. The first-order valence-corrected chi connectivity index (χ1v) is 10.3. The average molecular weight is 366 g/mol. The Morgan fingerprint density at radius 2 is 1.78 bits per heavy atom. The van der Waals surface area contributed by atoms with E-state index in [0.717, 1.165) is 37.7 Å². The molecule has 1 aromatic heterocycles. The van der Waals surface area contributed by atoms with Crippen molar-refractivity contribution in [1.82, 2.24) is 15.3 Å². The normalized spacial score (nSPS) is 16.1. The van der Waals surface area contributed by atoms with Crippen LogP contribution < -0.4 is 10.2 Å². The Kier molecular flexibility index (Phi) is 6.15. The number of aromatic nitrogens is 2. The van der Waals surface area contributed by atoms with Crippen LogP contribution in [0.3, 0.4) is 0 Å². The number of fused-ring (bicyclic) bond motifs is 1. The number of hydrogen-bond donors (Lipinski definition) is 0. The second kappa shape index (κ2) is 8.39. The van der Waals surface area contributed by atoms with Gasteiger partial charge in [0.25, 0.3) is 0 Å². The maximum Gasteiger partial charge on any atom is 0.140 e. The van der Waals surface area contributed by atoms with Gasteiger partial charge in [-0.2, -0.15) is 0 Å². The zero-order chi connectivity index (χ0) is 19.6. The van der Waals surface area contributed by atoms with Crippen molar-refractivity contribution in [2.24, 2.45) is 0 Å². The van der Waals surface area contributed by atoms with Gasteiger partial charge in [-0.1, -0.05) is 38.0 Å². The van der Waals surface area contributed by atoms with Crippen LogP contribution in [0.15, 0.2) is 12.1 Å². The van der Waals surface area contributed by atoms with Gasteiger partial charge in [-0.05, 0) is 45.2 Å². The van der Waals surface area contributed by atoms with Gasteiger partial charge in [-0.3, -0.25) is 0 Å². The fourth-order valence-corrected chi connectivity index (χ4v) is 4.34. The van der Waals surface area contributed by atoms with E-state index in [-0.39, 0.29) is 0 Å². The predicted octanol–water partition coefficient (Wildman–Crippen LogP) is 4.91. The van der Waals surface area contributed by atoms with Gasteiger partial charge in [0.15, 0.2) is 0 Å². The molecule has 1 radical (unpaired) electrons. The lowest BCUT2D eigenvalue weighted by Crippen LogP contribution is -2.18. The van der Waals surface area contributed by atoms with Crippen LogP contribution >= 0.6 is 0 Å². The van der Waals surface area contributed by atoms with E-state index in [0.29, 0.717) is 5.92 Å². The minimum Gasteiger partial charge on any atom is -0.325 e. The zero-order valence-corrected chi connectivity index (χ0v) is 17.8. The third-order valence-corrected chi connectivity index (χ3v) is 5.40. The maximum absolute atomic E-state index is 4.87. The summed E-state index contributed by atoms with van der Waals surface area (Å²) < 4.78 is 0. The summed E-state index contributed by atoms with van der Waals surface area (Å²) in [6, 6.07) is 4.54. The quantitative estimate of drug-likeness (QED) is 0.655. The van der Waals surface area contributed by atoms with Crippen molar-refractivity contribution in [3.63, 3.8) is 0 Å². The van der Waals surface area contributed by atoms with E-state index in [9.17, 15) is 0 Å². The molecule has 0 amide bonds. The molecule has 145 valence electrons. The zero-order valence-electron chi connectivity index (χ0n) is 17.8. The largest absolute Gasteiger partial charge is 0.325 e. The molecule has 2 aromatic rings. The summed E-state index contributed by atoms with van der Waals surface area (Å²) in [6.45, 7) is 15.9. The number of benzene rings is 1. The van der Waals surface area contributed by atoms with Crippen molar-refractivity contribution >= 4 is 11.5 Å². The Labute approximate surface area is 164 Å². The van der Waals surface area contributed by atoms with E-state index < -0.39 is 0 Å². The molecule has 1 aliphatic rings. The summed E-state index contributed by atoms with van der Waals surface area (Å²) in [7, 11) is 0. The molecule has 1 aliphatic heterocycles. The minimum absolute atomic E-state index is 0.436. The Morgan fingerprint density at radius 3 is 2.44 bits per heavy atom. The Balaban J connectivity index is 1.93. The maximum atomic E-state index is 4.87. The van der Waals surface area contributed by atoms with Gasteiger partial charge in [0.05, 0.1) is 5.69 Å². The molecule has 27 heavy (non-hydrogen) atoms. The highest BCUT2D eigenvalue weighted by atomic mass is 15.2. The second-order valence-electron chi connectivity index (χ2n) is 7.99. The molecule has 0 spiro atoms. The predicted molar refractivity (Wildman–Crippen MR) is 113 cm³/mol. The third kappa shape index (κ3) is 4.16. The molecule has 2 heterocycles. The number of unbranched alkanes of at least 4 members (excludes halogenated alkanes) is 1. The van der Waals surface area contributed by atoms with Gasteiger partial charge in [0, 0.05) is 43.2 Å². The minimum atomic E-state index is 0.436. The molecule has 0 fully saturated rings. The third-order valence-electron chi connectivity index (χ3n) is 5.40. The van der Waals surface area contributed by atoms with Crippen LogP contribution in [0, 0.1) is 27.7 Å². The van der Waals surface area contributed by atoms with Gasteiger partial charge < -0.3 is 4.90 Å². The van der Waals surface area contributed by atoms with E-state index in [1.807, 2.05) is 6.92 Å². The summed E-state index contributed by atoms with van der Waals surface area (Å²) >= 11 is 0. The van der Waals surface area contributed by atoms with E-state index in [2.05, 4.69) is 57.0 Å². The number of rotatable bonds is 7. The second-order valence-corrected chi connectivity index (χ2v) is 7.99. The van der Waals surface area contributed by atoms with Crippen molar-refractivity contribution in [1.29, 1.82) is 0 Å². The standard InChI is InChI=1S/C23H33N4/c1-7-8-10-24-11-9-20-21-18(5)14-27(23(21)26-19(6)25-20)22-16(3)12-15(2)13-17(22)4/h12-13,18H,7-11,14H2,1-6H3. The average Bonchev–Trinajstić information content (AvgIpc) is 2.90. The number of hydrogen-bond acceptors (Lipinski definition) is 3. The van der Waals surface area contributed by atoms with E-state index >= 15 is 0 Å². The van der Waals surface area contributed by atoms with E-state index in [1.54, 1.807) is 0 Å². The molecule has 0 saturated carbocycles. The molecular formula is C23H33N4. The molecule has 1 aromatic carbocycles. The van der Waals surface area contributed by atoms with Gasteiger partial charge in [0.1, 0.15) is 11.6 Å². The lowest BCUT2D eigenvalue weighted by molar-refractivity contribution is 0.620. The van der Waals surface area contributed by atoms with Crippen LogP contribution in [0.4, 0.5) is 11.5 Å². The number of nitrogens with zero attached hydrogens (tertiary/aromatic N) is 4. The summed E-state index contributed by atoms with van der Waals surface area (Å²) in [5.74, 6) is 2.40. The molecule has 3 rings (SSSR count). The van der Waals surface area contributed by atoms with Gasteiger partial charge in [0.2, 0.25) is 0 Å². The number of anilines is 2. The Hall–Kier alpha value is -1.94. The Morgan fingerprint density at radius 1 is 1.07 bits per heavy atom. The topological polar surface area (TPSA) is 43.1 Å². The van der Waals surface area contributed by atoms with Crippen LogP contribution in [-0.4, -0.2) is 29.6 Å². The smallest absolute Gasteiger partial charge is 0.140 e. The van der Waals surface area contributed by atoms with Crippen LogP contribution in [0.2, 0.25) is 0 Å². The first-order chi connectivity index (χ1) is 12.9. The van der Waals surface area contributed by atoms with Gasteiger partial charge in [-0.15, -0.1) is 0 Å². The highest BCUT2D eigenvalue weighted by molar-refractivity contribution is 5.73. The van der Waals surface area contributed by atoms with Gasteiger partial charge >= 0.3 is 0 Å². The van der Waals surface area contributed by atoms with E-state index in [1.165, 1.54) is 46.5 Å². The van der Waals surface area contributed by atoms with Crippen LogP contribution in [0.5, 0.6) is 0 Å². The molecule has 1 atom stereocenters. The molecule has 0 saturated heterocycles. The molecule has 0 aliphatic carbocycles. The first kappa shape index (κ1) is 19.8. The fourth-order valence-electron chi connectivity index (χ4n) is 4.34. The monoisotopic (exact) mass is 365 g/mol. The molecule has 0 N–H and O–H groups in total. The van der Waals surface area contributed by atoms with Crippen LogP contribution in [-0.2, 0) is 6.42 Å². The highest BCUT2D eigenvalue weighted by Crippen LogP contribution is 2.43. The molecule has 4 nitrogen and oxygen atoms in total. The molecule has 0 bridgehead atoms. The van der Waals surface area contributed by atoms with Crippen molar-refractivity contribution in [3.8, 4) is 0 Å². The highest BCUT2D eigenvalue weighted by Gasteiger charge is 2.32. The first-order valence-electron chi connectivity index (χ1n) is 10.3. The van der Waals surface area contributed by atoms with E-state index in [4.69, 9.17) is 9.97 Å². The van der Waals surface area contributed by atoms with Crippen LogP contribution in [0.25, 0.3) is 0 Å². The lowest BCUT2D eigenvalue weighted by Gasteiger charge is -2.24. The van der Waals surface area contributed by atoms with Crippen molar-refractivity contribution in [2.45, 2.75) is 66.7 Å². The molecular weight excluding hydrogens is 332 g/mol. The number of aryl methyl sites for hydroxylation is 4. The van der Waals surface area contributed by atoms with Crippen molar-refractivity contribution in [3.05, 3.63) is 45.9 Å². The summed E-state index contributed by atoms with van der Waals surface area (Å²) in [6.07, 6.45) is 3.29. The summed E-state index contributed by atoms with van der Waals surface area (Å²) in [5, 5.41) is 4.68. The van der Waals surface area contributed by atoms with Crippen molar-refractivity contribution < 1.29 is 0 Å². The van der Waals surface area contributed by atoms with Crippen molar-refractivity contribution in [2.75, 3.05) is 24.5 Å². The van der Waals surface area contributed by atoms with Crippen LogP contribution in [0.1, 0.15) is 66.4 Å². The Bertz CT molecular complexity index is 789. The fraction of sp³-hybridized carbons (Fsp3) is 0.565. The SMILES string of the molecule is CCCC[N]CCc1nc(C)nc2c1C(C)CN2c1c(C)cc(C)cc1C. The van der Waals surface area contributed by atoms with Gasteiger partial charge in [-0.25, -0.2) is 15.3 Å².